The van der Waals surface area contributed by atoms with Crippen molar-refractivity contribution in [3.63, 3.8) is 0 Å². The molecule has 2 N–H and O–H groups in total. The Morgan fingerprint density at radius 3 is 2.38 bits per heavy atom. The third kappa shape index (κ3) is 3.62. The van der Waals surface area contributed by atoms with Crippen LogP contribution in [0.15, 0.2) is 48.5 Å². The minimum absolute atomic E-state index is 0.0536. The molecule has 1 aliphatic carbocycles. The van der Waals surface area contributed by atoms with Gasteiger partial charge >= 0.3 is 6.03 Å². The van der Waals surface area contributed by atoms with E-state index in [9.17, 15) is 4.79 Å². The Hall–Kier alpha value is -2.69. The summed E-state index contributed by atoms with van der Waals surface area (Å²) in [7, 11) is 3.26. The monoisotopic (exact) mass is 326 g/mol. The van der Waals surface area contributed by atoms with Crippen LogP contribution in [0.1, 0.15) is 18.4 Å². The number of amides is 2. The summed E-state index contributed by atoms with van der Waals surface area (Å²) in [4.78, 5) is 12.1. The van der Waals surface area contributed by atoms with Gasteiger partial charge in [0, 0.05) is 23.7 Å². The Morgan fingerprint density at radius 2 is 1.75 bits per heavy atom. The molecule has 1 fully saturated rings. The molecule has 1 saturated carbocycles. The van der Waals surface area contributed by atoms with Crippen LogP contribution in [-0.4, -0.2) is 26.8 Å². The van der Waals surface area contributed by atoms with Gasteiger partial charge in [-0.15, -0.1) is 0 Å². The van der Waals surface area contributed by atoms with Gasteiger partial charge in [0.2, 0.25) is 0 Å². The minimum Gasteiger partial charge on any atom is -0.497 e. The summed E-state index contributed by atoms with van der Waals surface area (Å²) in [6.45, 7) is 0.620. The first-order valence-corrected chi connectivity index (χ1v) is 7.99. The van der Waals surface area contributed by atoms with E-state index in [-0.39, 0.29) is 11.4 Å². The van der Waals surface area contributed by atoms with Crippen molar-refractivity contribution in [3.05, 3.63) is 54.1 Å². The van der Waals surface area contributed by atoms with Crippen molar-refractivity contribution in [2.24, 2.45) is 0 Å². The number of ether oxygens (including phenoxy) is 2. The third-order valence-corrected chi connectivity index (χ3v) is 4.47. The SMILES string of the molecule is COc1ccc(C2(CNC(=O)Nc3cccc(OC)c3)CC2)cc1. The van der Waals surface area contributed by atoms with Crippen molar-refractivity contribution in [1.82, 2.24) is 5.32 Å². The van der Waals surface area contributed by atoms with E-state index in [0.717, 1.165) is 18.6 Å². The Morgan fingerprint density at radius 1 is 1.04 bits per heavy atom. The van der Waals surface area contributed by atoms with Gasteiger partial charge in [-0.2, -0.15) is 0 Å². The van der Waals surface area contributed by atoms with Gasteiger partial charge in [0.1, 0.15) is 11.5 Å². The van der Waals surface area contributed by atoms with Crippen LogP contribution in [0.5, 0.6) is 11.5 Å². The van der Waals surface area contributed by atoms with Crippen molar-refractivity contribution in [1.29, 1.82) is 0 Å². The molecule has 0 aliphatic heterocycles. The fraction of sp³-hybridized carbons (Fsp3) is 0.316. The van der Waals surface area contributed by atoms with E-state index in [1.165, 1.54) is 5.56 Å². The summed E-state index contributed by atoms with van der Waals surface area (Å²) in [6.07, 6.45) is 2.16. The second-order valence-electron chi connectivity index (χ2n) is 6.05. The van der Waals surface area contributed by atoms with Gasteiger partial charge in [-0.25, -0.2) is 4.79 Å². The number of benzene rings is 2. The molecule has 126 valence electrons. The Bertz CT molecular complexity index is 709. The van der Waals surface area contributed by atoms with E-state index in [0.29, 0.717) is 18.0 Å². The average molecular weight is 326 g/mol. The second-order valence-corrected chi connectivity index (χ2v) is 6.05. The minimum atomic E-state index is -0.206. The summed E-state index contributed by atoms with van der Waals surface area (Å²) in [5, 5.41) is 5.81. The van der Waals surface area contributed by atoms with Gasteiger partial charge in [0.05, 0.1) is 14.2 Å². The molecule has 3 rings (SSSR count). The molecule has 0 aromatic heterocycles. The molecule has 5 heteroatoms. The molecular formula is C19H22N2O3. The molecule has 2 amide bonds. The molecule has 0 radical (unpaired) electrons. The first kappa shape index (κ1) is 16.2. The number of anilines is 1. The van der Waals surface area contributed by atoms with Gasteiger partial charge in [-0.1, -0.05) is 18.2 Å². The van der Waals surface area contributed by atoms with E-state index in [1.807, 2.05) is 30.3 Å². The number of carbonyl (C=O) groups is 1. The van der Waals surface area contributed by atoms with Crippen LogP contribution in [0.4, 0.5) is 10.5 Å². The normalized spacial score (nSPS) is 14.6. The summed E-state index contributed by atoms with van der Waals surface area (Å²) in [5.41, 5.74) is 2.00. The Balaban J connectivity index is 1.57. The molecule has 0 heterocycles. The Labute approximate surface area is 142 Å². The molecule has 2 aromatic carbocycles. The smallest absolute Gasteiger partial charge is 0.319 e. The zero-order chi connectivity index (χ0) is 17.0. The fourth-order valence-corrected chi connectivity index (χ4v) is 2.79. The van der Waals surface area contributed by atoms with Gasteiger partial charge < -0.3 is 20.1 Å². The van der Waals surface area contributed by atoms with Gasteiger partial charge in [-0.3, -0.25) is 0 Å². The predicted octanol–water partition coefficient (Wildman–Crippen LogP) is 3.56. The number of hydrogen-bond donors (Lipinski definition) is 2. The second kappa shape index (κ2) is 6.83. The van der Waals surface area contributed by atoms with Crippen molar-refractivity contribution in [3.8, 4) is 11.5 Å². The topological polar surface area (TPSA) is 59.6 Å². The lowest BCUT2D eigenvalue weighted by Crippen LogP contribution is -2.35. The highest BCUT2D eigenvalue weighted by Gasteiger charge is 2.44. The standard InChI is InChI=1S/C19H22N2O3/c1-23-16-8-6-14(7-9-16)19(10-11-19)13-20-18(22)21-15-4-3-5-17(12-15)24-2/h3-9,12H,10-11,13H2,1-2H3,(H2,20,21,22). The molecule has 5 nitrogen and oxygen atoms in total. The van der Waals surface area contributed by atoms with Crippen molar-refractivity contribution < 1.29 is 14.3 Å². The number of methoxy groups -OCH3 is 2. The highest BCUT2D eigenvalue weighted by molar-refractivity contribution is 5.89. The first-order valence-electron chi connectivity index (χ1n) is 7.99. The van der Waals surface area contributed by atoms with Crippen molar-refractivity contribution in [2.75, 3.05) is 26.1 Å². The number of nitrogens with one attached hydrogen (secondary N) is 2. The lowest BCUT2D eigenvalue weighted by atomic mass is 9.96. The molecule has 0 atom stereocenters. The van der Waals surface area contributed by atoms with Gasteiger partial charge in [0.15, 0.2) is 0 Å². The molecule has 0 saturated heterocycles. The average Bonchev–Trinajstić information content (AvgIpc) is 3.41. The highest BCUT2D eigenvalue weighted by atomic mass is 16.5. The molecular weight excluding hydrogens is 304 g/mol. The zero-order valence-electron chi connectivity index (χ0n) is 14.0. The van der Waals surface area contributed by atoms with Crippen molar-refractivity contribution >= 4 is 11.7 Å². The summed E-state index contributed by atoms with van der Waals surface area (Å²) >= 11 is 0. The molecule has 0 unspecified atom stereocenters. The predicted molar refractivity (Wildman–Crippen MR) is 93.9 cm³/mol. The van der Waals surface area contributed by atoms with Crippen LogP contribution in [-0.2, 0) is 5.41 Å². The molecule has 1 aliphatic rings. The van der Waals surface area contributed by atoms with Crippen LogP contribution in [0.2, 0.25) is 0 Å². The zero-order valence-corrected chi connectivity index (χ0v) is 14.0. The first-order chi connectivity index (χ1) is 11.6. The molecule has 0 spiro atoms. The van der Waals surface area contributed by atoms with E-state index in [1.54, 1.807) is 20.3 Å². The largest absolute Gasteiger partial charge is 0.497 e. The third-order valence-electron chi connectivity index (χ3n) is 4.47. The summed E-state index contributed by atoms with van der Waals surface area (Å²) in [6, 6.07) is 15.2. The maximum Gasteiger partial charge on any atom is 0.319 e. The summed E-state index contributed by atoms with van der Waals surface area (Å²) in [5.74, 6) is 1.56. The van der Waals surface area contributed by atoms with Gasteiger partial charge in [0.25, 0.3) is 0 Å². The Kier molecular flexibility index (Phi) is 4.60. The molecule has 24 heavy (non-hydrogen) atoms. The summed E-state index contributed by atoms with van der Waals surface area (Å²) < 4.78 is 10.4. The van der Waals surface area contributed by atoms with Crippen LogP contribution in [0, 0.1) is 0 Å². The van der Waals surface area contributed by atoms with Crippen LogP contribution >= 0.6 is 0 Å². The van der Waals surface area contributed by atoms with E-state index in [2.05, 4.69) is 22.8 Å². The lowest BCUT2D eigenvalue weighted by Gasteiger charge is -2.17. The van der Waals surface area contributed by atoms with Crippen molar-refractivity contribution in [2.45, 2.75) is 18.3 Å². The maximum atomic E-state index is 12.1. The number of carbonyl (C=O) groups excluding carboxylic acids is 1. The highest BCUT2D eigenvalue weighted by Crippen LogP contribution is 2.47. The van der Waals surface area contributed by atoms with Crippen LogP contribution in [0.3, 0.4) is 0 Å². The number of hydrogen-bond acceptors (Lipinski definition) is 3. The van der Waals surface area contributed by atoms with E-state index < -0.39 is 0 Å². The fourth-order valence-electron chi connectivity index (χ4n) is 2.79. The van der Waals surface area contributed by atoms with E-state index in [4.69, 9.17) is 9.47 Å². The van der Waals surface area contributed by atoms with Crippen LogP contribution < -0.4 is 20.1 Å². The van der Waals surface area contributed by atoms with E-state index >= 15 is 0 Å². The molecule has 2 aromatic rings. The maximum absolute atomic E-state index is 12.1. The number of rotatable bonds is 6. The molecule has 0 bridgehead atoms. The lowest BCUT2D eigenvalue weighted by molar-refractivity contribution is 0.251. The van der Waals surface area contributed by atoms with Crippen LogP contribution in [0.25, 0.3) is 0 Å². The number of urea groups is 1. The quantitative estimate of drug-likeness (QED) is 0.853. The van der Waals surface area contributed by atoms with Gasteiger partial charge in [-0.05, 0) is 42.7 Å².